The molecule has 1 aromatic heterocycles. The van der Waals surface area contributed by atoms with Gasteiger partial charge >= 0.3 is 12.3 Å². The van der Waals surface area contributed by atoms with Crippen molar-refractivity contribution in [2.45, 2.75) is 32.5 Å². The van der Waals surface area contributed by atoms with E-state index in [1.165, 1.54) is 6.07 Å². The van der Waals surface area contributed by atoms with Crippen LogP contribution in [0.25, 0.3) is 0 Å². The van der Waals surface area contributed by atoms with Gasteiger partial charge in [-0.3, -0.25) is 0 Å². The van der Waals surface area contributed by atoms with Gasteiger partial charge in [-0.25, -0.2) is 9.78 Å². The molecular weight excluding hydrogens is 299 g/mol. The van der Waals surface area contributed by atoms with Crippen LogP contribution in [0.4, 0.5) is 23.8 Å². The van der Waals surface area contributed by atoms with Crippen LogP contribution < -0.4 is 10.2 Å². The number of pyridine rings is 1. The molecule has 0 fully saturated rings. The van der Waals surface area contributed by atoms with Gasteiger partial charge in [-0.05, 0) is 32.9 Å². The molecule has 124 valence electrons. The first-order valence-electron chi connectivity index (χ1n) is 6.70. The van der Waals surface area contributed by atoms with E-state index in [-0.39, 0.29) is 6.54 Å². The zero-order valence-corrected chi connectivity index (χ0v) is 13.0. The summed E-state index contributed by atoms with van der Waals surface area (Å²) in [6, 6.07) is 2.26. The Labute approximate surface area is 127 Å². The van der Waals surface area contributed by atoms with Crippen molar-refractivity contribution in [2.24, 2.45) is 0 Å². The highest BCUT2D eigenvalue weighted by Gasteiger charge is 2.30. The fraction of sp³-hybridized carbons (Fsp3) is 0.571. The van der Waals surface area contributed by atoms with E-state index < -0.39 is 23.4 Å². The minimum atomic E-state index is -4.40. The predicted octanol–water partition coefficient (Wildman–Crippen LogP) is 3.06. The number of likely N-dealkylation sites (N-methyl/N-ethyl adjacent to an activating group) is 1. The number of rotatable bonds is 4. The monoisotopic (exact) mass is 319 g/mol. The highest BCUT2D eigenvalue weighted by Crippen LogP contribution is 2.29. The van der Waals surface area contributed by atoms with Gasteiger partial charge in [0.1, 0.15) is 11.4 Å². The van der Waals surface area contributed by atoms with E-state index >= 15 is 0 Å². The first-order valence-corrected chi connectivity index (χ1v) is 6.70. The second-order valence-electron chi connectivity index (χ2n) is 5.75. The van der Waals surface area contributed by atoms with Crippen molar-refractivity contribution >= 4 is 11.9 Å². The van der Waals surface area contributed by atoms with Crippen molar-refractivity contribution in [3.8, 4) is 0 Å². The predicted molar refractivity (Wildman–Crippen MR) is 76.7 cm³/mol. The van der Waals surface area contributed by atoms with Crippen LogP contribution in [0.1, 0.15) is 26.3 Å². The van der Waals surface area contributed by atoms with Crippen molar-refractivity contribution in [3.63, 3.8) is 0 Å². The summed E-state index contributed by atoms with van der Waals surface area (Å²) in [5.41, 5.74) is -1.37. The van der Waals surface area contributed by atoms with Crippen molar-refractivity contribution in [2.75, 3.05) is 25.0 Å². The normalized spacial score (nSPS) is 12.0. The van der Waals surface area contributed by atoms with Crippen molar-refractivity contribution < 1.29 is 22.7 Å². The van der Waals surface area contributed by atoms with Gasteiger partial charge in [0.05, 0.1) is 5.56 Å². The summed E-state index contributed by atoms with van der Waals surface area (Å²) in [5.74, 6) is 0.388. The molecular formula is C14H20F3N3O2. The lowest BCUT2D eigenvalue weighted by Crippen LogP contribution is -2.37. The van der Waals surface area contributed by atoms with Crippen LogP contribution in [-0.2, 0) is 10.9 Å². The molecule has 0 aromatic carbocycles. The Morgan fingerprint density at radius 3 is 2.41 bits per heavy atom. The van der Waals surface area contributed by atoms with Crippen molar-refractivity contribution in [3.05, 3.63) is 23.9 Å². The van der Waals surface area contributed by atoms with Gasteiger partial charge in [0.15, 0.2) is 0 Å². The third-order valence-corrected chi connectivity index (χ3v) is 2.58. The Balaban J connectivity index is 2.46. The van der Waals surface area contributed by atoms with Gasteiger partial charge < -0.3 is 15.0 Å². The average molecular weight is 319 g/mol. The number of carbonyl (C=O) groups excluding carboxylic acids is 1. The molecule has 0 aliphatic carbocycles. The number of amides is 1. The van der Waals surface area contributed by atoms with Crippen LogP contribution >= 0.6 is 0 Å². The number of carbonyl (C=O) groups is 1. The van der Waals surface area contributed by atoms with Crippen LogP contribution in [0.15, 0.2) is 18.3 Å². The zero-order chi connectivity index (χ0) is 17.0. The molecule has 0 aliphatic heterocycles. The molecule has 0 bridgehead atoms. The number of alkyl halides is 3. The van der Waals surface area contributed by atoms with Crippen LogP contribution in [-0.4, -0.2) is 36.8 Å². The lowest BCUT2D eigenvalue weighted by Gasteiger charge is -2.21. The molecule has 1 aromatic rings. The first-order chi connectivity index (χ1) is 9.99. The number of hydrogen-bond acceptors (Lipinski definition) is 4. The Morgan fingerprint density at radius 2 is 1.95 bits per heavy atom. The van der Waals surface area contributed by atoms with Gasteiger partial charge in [-0.1, -0.05) is 0 Å². The smallest absolute Gasteiger partial charge is 0.417 e. The molecule has 8 heteroatoms. The summed E-state index contributed by atoms with van der Waals surface area (Å²) < 4.78 is 42.4. The minimum absolute atomic E-state index is 0.286. The summed E-state index contributed by atoms with van der Waals surface area (Å²) in [5, 5.41) is 2.56. The maximum Gasteiger partial charge on any atom is 0.417 e. The Bertz CT molecular complexity index is 496. The van der Waals surface area contributed by atoms with Gasteiger partial charge in [0, 0.05) is 26.3 Å². The average Bonchev–Trinajstić information content (AvgIpc) is 2.35. The number of alkyl carbamates (subject to hydrolysis) is 1. The number of hydrogen-bond donors (Lipinski definition) is 1. The zero-order valence-electron chi connectivity index (χ0n) is 13.0. The largest absolute Gasteiger partial charge is 0.444 e. The number of halogens is 3. The lowest BCUT2D eigenvalue weighted by atomic mass is 10.2. The minimum Gasteiger partial charge on any atom is -0.444 e. The van der Waals surface area contributed by atoms with Crippen molar-refractivity contribution in [1.29, 1.82) is 0 Å². The highest BCUT2D eigenvalue weighted by atomic mass is 19.4. The maximum atomic E-state index is 12.4. The van der Waals surface area contributed by atoms with E-state index in [0.29, 0.717) is 12.4 Å². The molecule has 1 amide bonds. The summed E-state index contributed by atoms with van der Waals surface area (Å²) in [6.07, 6.45) is -4.16. The topological polar surface area (TPSA) is 54.5 Å². The number of anilines is 1. The van der Waals surface area contributed by atoms with Crippen LogP contribution in [0.3, 0.4) is 0 Å². The summed E-state index contributed by atoms with van der Waals surface area (Å²) >= 11 is 0. The van der Waals surface area contributed by atoms with Gasteiger partial charge in [0.2, 0.25) is 0 Å². The molecule has 1 heterocycles. The number of ether oxygens (including phenoxy) is 1. The van der Waals surface area contributed by atoms with Gasteiger partial charge in [0.25, 0.3) is 0 Å². The Hall–Kier alpha value is -1.99. The van der Waals surface area contributed by atoms with E-state index in [2.05, 4.69) is 10.3 Å². The van der Waals surface area contributed by atoms with Crippen LogP contribution in [0, 0.1) is 0 Å². The number of nitrogens with zero attached hydrogens (tertiary/aromatic N) is 2. The molecule has 5 nitrogen and oxygen atoms in total. The summed E-state index contributed by atoms with van der Waals surface area (Å²) in [7, 11) is 1.67. The molecule has 0 saturated carbocycles. The maximum absolute atomic E-state index is 12.4. The molecule has 22 heavy (non-hydrogen) atoms. The number of nitrogens with one attached hydrogen (secondary N) is 1. The molecule has 1 rings (SSSR count). The van der Waals surface area contributed by atoms with Crippen LogP contribution in [0.5, 0.6) is 0 Å². The van der Waals surface area contributed by atoms with E-state index in [0.717, 1.165) is 12.3 Å². The Morgan fingerprint density at radius 1 is 1.32 bits per heavy atom. The molecule has 0 spiro atoms. The van der Waals surface area contributed by atoms with E-state index in [1.54, 1.807) is 32.7 Å². The third kappa shape index (κ3) is 6.19. The highest BCUT2D eigenvalue weighted by molar-refractivity contribution is 5.67. The molecule has 0 unspecified atom stereocenters. The SMILES string of the molecule is CN(CCNC(=O)OC(C)(C)C)c1ccc(C(F)(F)F)cn1. The van der Waals surface area contributed by atoms with E-state index in [9.17, 15) is 18.0 Å². The molecule has 0 saturated heterocycles. The van der Waals surface area contributed by atoms with Gasteiger partial charge in [-0.15, -0.1) is 0 Å². The summed E-state index contributed by atoms with van der Waals surface area (Å²) in [6.45, 7) is 5.94. The van der Waals surface area contributed by atoms with Crippen LogP contribution in [0.2, 0.25) is 0 Å². The van der Waals surface area contributed by atoms with Gasteiger partial charge in [-0.2, -0.15) is 13.2 Å². The molecule has 0 aliphatic rings. The molecule has 0 atom stereocenters. The van der Waals surface area contributed by atoms with E-state index in [4.69, 9.17) is 4.74 Å². The molecule has 0 radical (unpaired) electrons. The number of aromatic nitrogens is 1. The second kappa shape index (κ2) is 6.85. The quantitative estimate of drug-likeness (QED) is 0.927. The fourth-order valence-corrected chi connectivity index (χ4v) is 1.53. The summed E-state index contributed by atoms with van der Waals surface area (Å²) in [4.78, 5) is 16.8. The standard InChI is InChI=1S/C14H20F3N3O2/c1-13(2,3)22-12(21)18-7-8-20(4)11-6-5-10(9-19-11)14(15,16)17/h5-6,9H,7-8H2,1-4H3,(H,18,21). The fourth-order valence-electron chi connectivity index (χ4n) is 1.53. The first kappa shape index (κ1) is 18.1. The Kier molecular flexibility index (Phi) is 5.62. The lowest BCUT2D eigenvalue weighted by molar-refractivity contribution is -0.137. The molecule has 1 N–H and O–H groups in total. The van der Waals surface area contributed by atoms with E-state index in [1.807, 2.05) is 0 Å². The second-order valence-corrected chi connectivity index (χ2v) is 5.75. The van der Waals surface area contributed by atoms with Crippen molar-refractivity contribution in [1.82, 2.24) is 10.3 Å². The third-order valence-electron chi connectivity index (χ3n) is 2.58.